The summed E-state index contributed by atoms with van der Waals surface area (Å²) < 4.78 is 9.62. The number of imidazole rings is 2. The van der Waals surface area contributed by atoms with Gasteiger partial charge in [0.1, 0.15) is 12.1 Å². The second-order valence-electron chi connectivity index (χ2n) is 6.93. The first-order chi connectivity index (χ1) is 14.8. The summed E-state index contributed by atoms with van der Waals surface area (Å²) in [5.41, 5.74) is 6.30. The van der Waals surface area contributed by atoms with Gasteiger partial charge >= 0.3 is 0 Å². The third-order valence-corrected chi connectivity index (χ3v) is 5.06. The maximum Gasteiger partial charge on any atom is 0.143 e. The van der Waals surface area contributed by atoms with Crippen LogP contribution in [-0.2, 0) is 0 Å². The van der Waals surface area contributed by atoms with Gasteiger partial charge in [0.25, 0.3) is 0 Å². The highest BCUT2D eigenvalue weighted by Crippen LogP contribution is 2.25. The van der Waals surface area contributed by atoms with Crippen molar-refractivity contribution in [2.45, 2.75) is 0 Å². The van der Waals surface area contributed by atoms with E-state index in [-0.39, 0.29) is 0 Å². The molecule has 30 heavy (non-hydrogen) atoms. The zero-order valence-corrected chi connectivity index (χ0v) is 16.5. The smallest absolute Gasteiger partial charge is 0.143 e. The van der Waals surface area contributed by atoms with Crippen molar-refractivity contribution < 1.29 is 4.74 Å². The van der Waals surface area contributed by atoms with Crippen LogP contribution in [0.4, 0.5) is 0 Å². The Bertz CT molecular complexity index is 1330. The number of ether oxygens (including phenoxy) is 1. The summed E-state index contributed by atoms with van der Waals surface area (Å²) in [6.45, 7) is 0. The highest BCUT2D eigenvalue weighted by Gasteiger charge is 2.06. The number of aromatic nitrogens is 4. The molecule has 5 aromatic rings. The molecule has 3 aromatic carbocycles. The first kappa shape index (κ1) is 17.9. The summed E-state index contributed by atoms with van der Waals surface area (Å²) in [6, 6.07) is 22.7. The first-order valence-corrected chi connectivity index (χ1v) is 9.69. The lowest BCUT2D eigenvalue weighted by atomic mass is 10.1. The second-order valence-corrected chi connectivity index (χ2v) is 6.93. The van der Waals surface area contributed by atoms with Crippen LogP contribution in [0, 0.1) is 0 Å². The largest absolute Gasteiger partial charge is 0.495 e. The Labute approximate surface area is 174 Å². The molecule has 0 fully saturated rings. The van der Waals surface area contributed by atoms with Crippen molar-refractivity contribution in [3.05, 3.63) is 103 Å². The topological polar surface area (TPSA) is 44.9 Å². The standard InChI is InChI=1S/C25H20N4O/c1-30-25-16-20(11-12-24(25)28-14-13-26-17-28)10-9-19-5-4-6-21(15-19)29-18-27-22-7-2-3-8-23(22)29/h2-18H,1H3/b10-9+. The molecule has 2 heterocycles. The number of hydrogen-bond donors (Lipinski definition) is 0. The van der Waals surface area contributed by atoms with Crippen LogP contribution in [0.2, 0.25) is 0 Å². The molecular formula is C25H20N4O. The number of para-hydroxylation sites is 2. The number of benzene rings is 3. The molecular weight excluding hydrogens is 372 g/mol. The minimum Gasteiger partial charge on any atom is -0.495 e. The van der Waals surface area contributed by atoms with Crippen molar-refractivity contribution in [2.75, 3.05) is 7.11 Å². The summed E-state index contributed by atoms with van der Waals surface area (Å²) in [6.07, 6.45) is 11.5. The Morgan fingerprint density at radius 3 is 2.57 bits per heavy atom. The van der Waals surface area contributed by atoms with Gasteiger partial charge in [-0.15, -0.1) is 0 Å². The van der Waals surface area contributed by atoms with E-state index < -0.39 is 0 Å². The van der Waals surface area contributed by atoms with E-state index in [1.807, 2.05) is 47.4 Å². The molecule has 5 rings (SSSR count). The highest BCUT2D eigenvalue weighted by molar-refractivity contribution is 5.78. The lowest BCUT2D eigenvalue weighted by Crippen LogP contribution is -1.95. The minimum atomic E-state index is 0.800. The third kappa shape index (κ3) is 3.37. The Hall–Kier alpha value is -4.12. The number of methoxy groups -OCH3 is 1. The third-order valence-electron chi connectivity index (χ3n) is 5.06. The Balaban J connectivity index is 1.44. The van der Waals surface area contributed by atoms with Crippen LogP contribution in [0.15, 0.2) is 91.8 Å². The lowest BCUT2D eigenvalue weighted by Gasteiger charge is -2.10. The Morgan fingerprint density at radius 2 is 1.73 bits per heavy atom. The Kier molecular flexibility index (Phi) is 4.62. The van der Waals surface area contributed by atoms with Gasteiger partial charge in [0.05, 0.1) is 30.2 Å². The molecule has 0 aliphatic heterocycles. The number of fused-ring (bicyclic) bond motifs is 1. The van der Waals surface area contributed by atoms with Crippen LogP contribution in [0.3, 0.4) is 0 Å². The van der Waals surface area contributed by atoms with Crippen LogP contribution in [-0.4, -0.2) is 26.2 Å². The molecule has 0 N–H and O–H groups in total. The maximum atomic E-state index is 5.58. The van der Waals surface area contributed by atoms with E-state index in [9.17, 15) is 0 Å². The monoisotopic (exact) mass is 392 g/mol. The summed E-state index contributed by atoms with van der Waals surface area (Å²) >= 11 is 0. The molecule has 0 aliphatic carbocycles. The fourth-order valence-corrected chi connectivity index (χ4v) is 3.55. The van der Waals surface area contributed by atoms with E-state index in [1.54, 1.807) is 19.6 Å². The molecule has 0 bridgehead atoms. The summed E-state index contributed by atoms with van der Waals surface area (Å²) in [5.74, 6) is 0.800. The van der Waals surface area contributed by atoms with Gasteiger partial charge in [-0.3, -0.25) is 4.57 Å². The summed E-state index contributed by atoms with van der Waals surface area (Å²) in [7, 11) is 1.68. The maximum absolute atomic E-state index is 5.58. The van der Waals surface area contributed by atoms with Crippen molar-refractivity contribution in [3.8, 4) is 17.1 Å². The van der Waals surface area contributed by atoms with Crippen LogP contribution >= 0.6 is 0 Å². The average Bonchev–Trinajstić information content (AvgIpc) is 3.48. The van der Waals surface area contributed by atoms with Gasteiger partial charge in [-0.25, -0.2) is 9.97 Å². The van der Waals surface area contributed by atoms with E-state index >= 15 is 0 Å². The van der Waals surface area contributed by atoms with Gasteiger partial charge in [0, 0.05) is 18.1 Å². The zero-order chi connectivity index (χ0) is 20.3. The normalized spacial score (nSPS) is 11.4. The molecule has 146 valence electrons. The van der Waals surface area contributed by atoms with Gasteiger partial charge in [0.2, 0.25) is 0 Å². The molecule has 2 aromatic heterocycles. The highest BCUT2D eigenvalue weighted by atomic mass is 16.5. The SMILES string of the molecule is COc1cc(/C=C/c2cccc(-n3cnc4ccccc43)c2)ccc1-n1ccnc1. The van der Waals surface area contributed by atoms with Gasteiger partial charge in [0.15, 0.2) is 0 Å². The van der Waals surface area contributed by atoms with Gasteiger partial charge in [-0.05, 0) is 47.5 Å². The molecule has 0 saturated heterocycles. The molecule has 0 aliphatic rings. The zero-order valence-electron chi connectivity index (χ0n) is 16.5. The quantitative estimate of drug-likeness (QED) is 0.377. The summed E-state index contributed by atoms with van der Waals surface area (Å²) in [5, 5.41) is 0. The number of nitrogens with zero attached hydrogens (tertiary/aromatic N) is 4. The predicted octanol–water partition coefficient (Wildman–Crippen LogP) is 5.39. The van der Waals surface area contributed by atoms with Crippen molar-refractivity contribution >= 4 is 23.2 Å². The van der Waals surface area contributed by atoms with Crippen LogP contribution in [0.1, 0.15) is 11.1 Å². The molecule has 5 nitrogen and oxygen atoms in total. The molecule has 0 amide bonds. The van der Waals surface area contributed by atoms with Crippen LogP contribution in [0.25, 0.3) is 34.6 Å². The summed E-state index contributed by atoms with van der Waals surface area (Å²) in [4.78, 5) is 8.60. The predicted molar refractivity (Wildman–Crippen MR) is 120 cm³/mol. The van der Waals surface area contributed by atoms with Crippen molar-refractivity contribution in [2.24, 2.45) is 0 Å². The number of hydrogen-bond acceptors (Lipinski definition) is 3. The second kappa shape index (κ2) is 7.72. The molecule has 0 spiro atoms. The number of rotatable bonds is 5. The molecule has 0 saturated carbocycles. The van der Waals surface area contributed by atoms with E-state index in [0.29, 0.717) is 0 Å². The van der Waals surface area contributed by atoms with Crippen molar-refractivity contribution in [1.29, 1.82) is 0 Å². The molecule has 0 atom stereocenters. The Morgan fingerprint density at radius 1 is 0.867 bits per heavy atom. The lowest BCUT2D eigenvalue weighted by molar-refractivity contribution is 0.413. The first-order valence-electron chi connectivity index (χ1n) is 9.69. The molecule has 0 unspecified atom stereocenters. The van der Waals surface area contributed by atoms with E-state index in [4.69, 9.17) is 4.74 Å². The van der Waals surface area contributed by atoms with Crippen LogP contribution < -0.4 is 4.74 Å². The van der Waals surface area contributed by atoms with Crippen molar-refractivity contribution in [1.82, 2.24) is 19.1 Å². The molecule has 0 radical (unpaired) electrons. The van der Waals surface area contributed by atoms with Crippen molar-refractivity contribution in [3.63, 3.8) is 0 Å². The fraction of sp³-hybridized carbons (Fsp3) is 0.0400. The molecule has 5 heteroatoms. The van der Waals surface area contributed by atoms with Crippen LogP contribution in [0.5, 0.6) is 5.75 Å². The minimum absolute atomic E-state index is 0.800. The van der Waals surface area contributed by atoms with E-state index in [0.717, 1.165) is 39.3 Å². The van der Waals surface area contributed by atoms with Gasteiger partial charge in [-0.2, -0.15) is 0 Å². The van der Waals surface area contributed by atoms with E-state index in [1.165, 1.54) is 0 Å². The van der Waals surface area contributed by atoms with Gasteiger partial charge < -0.3 is 9.30 Å². The van der Waals surface area contributed by atoms with E-state index in [2.05, 4.69) is 63.1 Å². The average molecular weight is 392 g/mol. The van der Waals surface area contributed by atoms with Gasteiger partial charge in [-0.1, -0.05) is 42.5 Å². The fourth-order valence-electron chi connectivity index (χ4n) is 3.55.